The van der Waals surface area contributed by atoms with Crippen molar-refractivity contribution in [1.82, 2.24) is 4.57 Å². The number of aromatic nitrogens is 1. The predicted molar refractivity (Wildman–Crippen MR) is 85.3 cm³/mol. The highest BCUT2D eigenvalue weighted by atomic mass is 79.9. The van der Waals surface area contributed by atoms with Crippen molar-refractivity contribution in [1.29, 1.82) is 0 Å². The van der Waals surface area contributed by atoms with E-state index in [0.717, 1.165) is 10.9 Å². The first-order valence-electron chi connectivity index (χ1n) is 6.77. The van der Waals surface area contributed by atoms with Crippen molar-refractivity contribution in [3.05, 3.63) is 63.0 Å². The number of amides is 1. The summed E-state index contributed by atoms with van der Waals surface area (Å²) in [6.45, 7) is 0. The Kier molecular flexibility index (Phi) is 3.68. The molecule has 0 aliphatic heterocycles. The first-order chi connectivity index (χ1) is 10.0. The summed E-state index contributed by atoms with van der Waals surface area (Å²) in [5.74, 6) is 0.310. The second-order valence-corrected chi connectivity index (χ2v) is 6.28. The van der Waals surface area contributed by atoms with E-state index in [1.54, 1.807) is 19.3 Å². The minimum atomic E-state index is -0.0913. The zero-order valence-electron chi connectivity index (χ0n) is 11.5. The molecule has 1 N–H and O–H groups in total. The van der Waals surface area contributed by atoms with E-state index < -0.39 is 0 Å². The van der Waals surface area contributed by atoms with Crippen molar-refractivity contribution < 1.29 is 4.79 Å². The van der Waals surface area contributed by atoms with Gasteiger partial charge in [-0.1, -0.05) is 28.1 Å². The van der Waals surface area contributed by atoms with Gasteiger partial charge in [-0.05, 0) is 36.1 Å². The smallest absolute Gasteiger partial charge is 0.250 e. The van der Waals surface area contributed by atoms with Crippen LogP contribution in [0.2, 0.25) is 0 Å². The summed E-state index contributed by atoms with van der Waals surface area (Å²) in [4.78, 5) is 23.5. The fraction of sp³-hybridized carbons (Fsp3) is 0.250. The van der Waals surface area contributed by atoms with Gasteiger partial charge in [0.05, 0.1) is 5.69 Å². The minimum Gasteiger partial charge on any atom is -0.325 e. The van der Waals surface area contributed by atoms with Gasteiger partial charge >= 0.3 is 0 Å². The highest BCUT2D eigenvalue weighted by Gasteiger charge is 2.43. The maximum atomic E-state index is 12.2. The van der Waals surface area contributed by atoms with Crippen LogP contribution in [0.15, 0.2) is 51.9 Å². The van der Waals surface area contributed by atoms with Crippen LogP contribution in [-0.4, -0.2) is 10.5 Å². The Balaban J connectivity index is 1.68. The van der Waals surface area contributed by atoms with E-state index in [9.17, 15) is 9.59 Å². The standard InChI is InChI=1S/C16H15BrN2O2/c1-19-9-12(5-6-15(19)20)18-16(21)14-8-13(14)10-3-2-4-11(17)7-10/h2-7,9,13-14H,8H2,1H3,(H,18,21)/t13-,14+/m0/s1. The molecule has 0 unspecified atom stereocenters. The van der Waals surface area contributed by atoms with E-state index in [1.165, 1.54) is 16.2 Å². The number of carbonyl (C=O) groups is 1. The van der Waals surface area contributed by atoms with Gasteiger partial charge in [0.1, 0.15) is 0 Å². The number of hydrogen-bond donors (Lipinski definition) is 1. The summed E-state index contributed by atoms with van der Waals surface area (Å²) in [5.41, 5.74) is 1.75. The van der Waals surface area contributed by atoms with Crippen LogP contribution >= 0.6 is 15.9 Å². The number of nitrogens with one attached hydrogen (secondary N) is 1. The number of anilines is 1. The fourth-order valence-electron chi connectivity index (χ4n) is 2.49. The number of aryl methyl sites for hydroxylation is 1. The van der Waals surface area contributed by atoms with Crippen LogP contribution in [0.5, 0.6) is 0 Å². The molecule has 1 saturated carbocycles. The Hall–Kier alpha value is -1.88. The molecule has 1 heterocycles. The summed E-state index contributed by atoms with van der Waals surface area (Å²) < 4.78 is 2.48. The lowest BCUT2D eigenvalue weighted by molar-refractivity contribution is -0.117. The predicted octanol–water partition coefficient (Wildman–Crippen LogP) is 2.89. The van der Waals surface area contributed by atoms with E-state index >= 15 is 0 Å². The lowest BCUT2D eigenvalue weighted by Gasteiger charge is -2.06. The van der Waals surface area contributed by atoms with Crippen molar-refractivity contribution >= 4 is 27.5 Å². The molecule has 0 spiro atoms. The maximum Gasteiger partial charge on any atom is 0.250 e. The molecule has 1 amide bonds. The van der Waals surface area contributed by atoms with Gasteiger partial charge in [-0.3, -0.25) is 9.59 Å². The number of halogens is 1. The van der Waals surface area contributed by atoms with Crippen molar-refractivity contribution in [2.75, 3.05) is 5.32 Å². The Labute approximate surface area is 130 Å². The van der Waals surface area contributed by atoms with Gasteiger partial charge in [-0.2, -0.15) is 0 Å². The number of nitrogens with zero attached hydrogens (tertiary/aromatic N) is 1. The molecule has 0 radical (unpaired) electrons. The summed E-state index contributed by atoms with van der Waals surface area (Å²) >= 11 is 3.45. The molecule has 5 heteroatoms. The van der Waals surface area contributed by atoms with Gasteiger partial charge < -0.3 is 9.88 Å². The Bertz CT molecular complexity index is 754. The monoisotopic (exact) mass is 346 g/mol. The third-order valence-corrected chi connectivity index (χ3v) is 4.25. The molecule has 2 aromatic rings. The van der Waals surface area contributed by atoms with Crippen LogP contribution in [0.1, 0.15) is 17.9 Å². The molecular weight excluding hydrogens is 332 g/mol. The van der Waals surface area contributed by atoms with Crippen molar-refractivity contribution in [3.63, 3.8) is 0 Å². The number of pyridine rings is 1. The van der Waals surface area contributed by atoms with Crippen LogP contribution < -0.4 is 10.9 Å². The molecule has 21 heavy (non-hydrogen) atoms. The molecule has 0 saturated heterocycles. The Morgan fingerprint density at radius 2 is 2.14 bits per heavy atom. The zero-order chi connectivity index (χ0) is 15.0. The van der Waals surface area contributed by atoms with E-state index in [1.807, 2.05) is 12.1 Å². The highest BCUT2D eigenvalue weighted by molar-refractivity contribution is 9.10. The van der Waals surface area contributed by atoms with Gasteiger partial charge in [-0.25, -0.2) is 0 Å². The third kappa shape index (κ3) is 3.08. The quantitative estimate of drug-likeness (QED) is 0.928. The molecule has 4 nitrogen and oxygen atoms in total. The third-order valence-electron chi connectivity index (χ3n) is 3.76. The summed E-state index contributed by atoms with van der Waals surface area (Å²) in [5, 5.41) is 2.88. The van der Waals surface area contributed by atoms with Crippen LogP contribution in [0.3, 0.4) is 0 Å². The fourth-order valence-corrected chi connectivity index (χ4v) is 2.91. The maximum absolute atomic E-state index is 12.2. The molecule has 1 fully saturated rings. The number of rotatable bonds is 3. The van der Waals surface area contributed by atoms with E-state index in [0.29, 0.717) is 5.69 Å². The van der Waals surface area contributed by atoms with E-state index in [-0.39, 0.29) is 23.3 Å². The molecule has 108 valence electrons. The topological polar surface area (TPSA) is 51.1 Å². The molecule has 2 atom stereocenters. The number of hydrogen-bond acceptors (Lipinski definition) is 2. The van der Waals surface area contributed by atoms with Crippen LogP contribution in [0.4, 0.5) is 5.69 Å². The minimum absolute atomic E-state index is 0.0107. The Morgan fingerprint density at radius 3 is 2.86 bits per heavy atom. The second-order valence-electron chi connectivity index (χ2n) is 5.36. The van der Waals surface area contributed by atoms with Gasteiger partial charge in [-0.15, -0.1) is 0 Å². The average Bonchev–Trinajstić information content (AvgIpc) is 3.23. The number of benzene rings is 1. The van der Waals surface area contributed by atoms with Gasteiger partial charge in [0.2, 0.25) is 11.5 Å². The molecule has 1 aliphatic carbocycles. The van der Waals surface area contributed by atoms with Crippen LogP contribution in [0.25, 0.3) is 0 Å². The SMILES string of the molecule is Cn1cc(NC(=O)[C@@H]2C[C@H]2c2cccc(Br)c2)ccc1=O. The average molecular weight is 347 g/mol. The first kappa shape index (κ1) is 14.1. The first-order valence-corrected chi connectivity index (χ1v) is 7.57. The van der Waals surface area contributed by atoms with E-state index in [2.05, 4.69) is 33.4 Å². The van der Waals surface area contributed by atoms with Gasteiger partial charge in [0.25, 0.3) is 0 Å². The summed E-state index contributed by atoms with van der Waals surface area (Å²) in [6, 6.07) is 11.2. The molecule has 1 aromatic carbocycles. The van der Waals surface area contributed by atoms with Crippen LogP contribution in [-0.2, 0) is 11.8 Å². The summed E-state index contributed by atoms with van der Waals surface area (Å²) in [7, 11) is 1.67. The lowest BCUT2D eigenvalue weighted by atomic mass is 10.1. The van der Waals surface area contributed by atoms with Gasteiger partial charge in [0.15, 0.2) is 0 Å². The van der Waals surface area contributed by atoms with Crippen molar-refractivity contribution in [2.24, 2.45) is 13.0 Å². The van der Waals surface area contributed by atoms with Gasteiger partial charge in [0, 0.05) is 29.7 Å². The Morgan fingerprint density at radius 1 is 1.33 bits per heavy atom. The normalized spacial score (nSPS) is 20.1. The second kappa shape index (κ2) is 5.48. The number of carbonyl (C=O) groups excluding carboxylic acids is 1. The molecular formula is C16H15BrN2O2. The molecule has 3 rings (SSSR count). The van der Waals surface area contributed by atoms with Crippen molar-refractivity contribution in [3.8, 4) is 0 Å². The molecule has 1 aliphatic rings. The lowest BCUT2D eigenvalue weighted by Crippen LogP contribution is -2.19. The van der Waals surface area contributed by atoms with E-state index in [4.69, 9.17) is 0 Å². The molecule has 1 aromatic heterocycles. The zero-order valence-corrected chi connectivity index (χ0v) is 13.1. The van der Waals surface area contributed by atoms with Crippen LogP contribution in [0, 0.1) is 5.92 Å². The highest BCUT2D eigenvalue weighted by Crippen LogP contribution is 2.48. The summed E-state index contributed by atoms with van der Waals surface area (Å²) in [6.07, 6.45) is 2.50. The largest absolute Gasteiger partial charge is 0.325 e. The molecule has 0 bridgehead atoms. The van der Waals surface area contributed by atoms with Crippen molar-refractivity contribution in [2.45, 2.75) is 12.3 Å².